The molecule has 4 heteroatoms. The molecular weight excluding hydrogens is 252 g/mol. The number of nitrogens with one attached hydrogen (secondary N) is 1. The van der Waals surface area contributed by atoms with Crippen LogP contribution in [0.25, 0.3) is 0 Å². The molecule has 0 aromatic rings. The summed E-state index contributed by atoms with van der Waals surface area (Å²) in [5.41, 5.74) is 0.475. The SMILES string of the molecule is CCOC(=O)N1CCC(NC2CC(C)(C)CC2C)CC1. The van der Waals surface area contributed by atoms with Crippen LogP contribution in [-0.2, 0) is 4.74 Å². The molecule has 0 radical (unpaired) electrons. The zero-order chi connectivity index (χ0) is 14.8. The predicted octanol–water partition coefficient (Wildman–Crippen LogP) is 3.02. The summed E-state index contributed by atoms with van der Waals surface area (Å²) in [6.07, 6.45) is 4.52. The molecule has 2 aliphatic rings. The minimum absolute atomic E-state index is 0.152. The molecule has 1 saturated heterocycles. The molecule has 4 nitrogen and oxygen atoms in total. The normalized spacial score (nSPS) is 30.5. The summed E-state index contributed by atoms with van der Waals surface area (Å²) in [5.74, 6) is 0.757. The second-order valence-corrected chi connectivity index (χ2v) is 7.28. The lowest BCUT2D eigenvalue weighted by Gasteiger charge is -2.34. The largest absolute Gasteiger partial charge is 0.450 e. The highest BCUT2D eigenvalue weighted by molar-refractivity contribution is 5.67. The predicted molar refractivity (Wildman–Crippen MR) is 80.7 cm³/mol. The van der Waals surface area contributed by atoms with Crippen LogP contribution in [0.15, 0.2) is 0 Å². The minimum Gasteiger partial charge on any atom is -0.450 e. The first-order chi connectivity index (χ1) is 9.41. The zero-order valence-electron chi connectivity index (χ0n) is 13.4. The van der Waals surface area contributed by atoms with Crippen molar-refractivity contribution in [1.82, 2.24) is 10.2 Å². The van der Waals surface area contributed by atoms with Crippen LogP contribution in [0.4, 0.5) is 4.79 Å². The number of carbonyl (C=O) groups is 1. The van der Waals surface area contributed by atoms with E-state index in [1.54, 1.807) is 0 Å². The van der Waals surface area contributed by atoms with E-state index in [0.717, 1.165) is 31.8 Å². The van der Waals surface area contributed by atoms with Gasteiger partial charge in [-0.25, -0.2) is 4.79 Å². The molecule has 0 bridgehead atoms. The summed E-state index contributed by atoms with van der Waals surface area (Å²) in [4.78, 5) is 13.5. The Labute approximate surface area is 123 Å². The van der Waals surface area contributed by atoms with Crippen molar-refractivity contribution in [3.63, 3.8) is 0 Å². The van der Waals surface area contributed by atoms with Crippen LogP contribution in [-0.4, -0.2) is 42.8 Å². The van der Waals surface area contributed by atoms with Gasteiger partial charge in [-0.15, -0.1) is 0 Å². The summed E-state index contributed by atoms with van der Waals surface area (Å²) in [7, 11) is 0. The Kier molecular flexibility index (Phi) is 4.95. The third-order valence-corrected chi connectivity index (χ3v) is 4.80. The lowest BCUT2D eigenvalue weighted by molar-refractivity contribution is 0.0937. The van der Waals surface area contributed by atoms with Crippen molar-refractivity contribution in [1.29, 1.82) is 0 Å². The van der Waals surface area contributed by atoms with Gasteiger partial charge in [-0.2, -0.15) is 0 Å². The smallest absolute Gasteiger partial charge is 0.409 e. The van der Waals surface area contributed by atoms with Crippen LogP contribution < -0.4 is 5.32 Å². The van der Waals surface area contributed by atoms with Crippen LogP contribution in [0.1, 0.15) is 53.4 Å². The number of hydrogen-bond donors (Lipinski definition) is 1. The minimum atomic E-state index is -0.152. The van der Waals surface area contributed by atoms with Crippen molar-refractivity contribution in [2.75, 3.05) is 19.7 Å². The van der Waals surface area contributed by atoms with Gasteiger partial charge in [-0.3, -0.25) is 0 Å². The number of hydrogen-bond acceptors (Lipinski definition) is 3. The van der Waals surface area contributed by atoms with Crippen molar-refractivity contribution in [2.24, 2.45) is 11.3 Å². The Morgan fingerprint density at radius 2 is 1.95 bits per heavy atom. The quantitative estimate of drug-likeness (QED) is 0.865. The third kappa shape index (κ3) is 3.87. The van der Waals surface area contributed by atoms with E-state index in [4.69, 9.17) is 4.74 Å². The van der Waals surface area contributed by atoms with E-state index in [1.807, 2.05) is 11.8 Å². The number of nitrogens with zero attached hydrogens (tertiary/aromatic N) is 1. The first-order valence-corrected chi connectivity index (χ1v) is 8.09. The Balaban J connectivity index is 1.76. The Hall–Kier alpha value is -0.770. The molecule has 2 rings (SSSR count). The molecule has 0 aromatic heterocycles. The molecule has 1 heterocycles. The molecule has 1 aliphatic heterocycles. The number of piperidine rings is 1. The summed E-state index contributed by atoms with van der Waals surface area (Å²) < 4.78 is 5.06. The molecule has 2 unspecified atom stereocenters. The van der Waals surface area contributed by atoms with E-state index in [9.17, 15) is 4.79 Å². The molecule has 2 fully saturated rings. The van der Waals surface area contributed by atoms with Crippen molar-refractivity contribution < 1.29 is 9.53 Å². The zero-order valence-corrected chi connectivity index (χ0v) is 13.4. The summed E-state index contributed by atoms with van der Waals surface area (Å²) >= 11 is 0. The molecule has 2 atom stereocenters. The van der Waals surface area contributed by atoms with Gasteiger partial charge in [0.05, 0.1) is 6.61 Å². The van der Waals surface area contributed by atoms with Gasteiger partial charge in [-0.1, -0.05) is 20.8 Å². The standard InChI is InChI=1S/C16H30N2O2/c1-5-20-15(19)18-8-6-13(7-9-18)17-14-11-16(3,4)10-12(14)2/h12-14,17H,5-11H2,1-4H3. The fraction of sp³-hybridized carbons (Fsp3) is 0.938. The highest BCUT2D eigenvalue weighted by Gasteiger charge is 2.37. The lowest BCUT2D eigenvalue weighted by atomic mass is 9.91. The van der Waals surface area contributed by atoms with Gasteiger partial charge in [0.15, 0.2) is 0 Å². The maximum atomic E-state index is 11.7. The van der Waals surface area contributed by atoms with E-state index >= 15 is 0 Å². The molecule has 1 amide bonds. The maximum absolute atomic E-state index is 11.7. The molecule has 1 N–H and O–H groups in total. The van der Waals surface area contributed by atoms with Gasteiger partial charge in [0.2, 0.25) is 0 Å². The van der Waals surface area contributed by atoms with Crippen molar-refractivity contribution >= 4 is 6.09 Å². The van der Waals surface area contributed by atoms with Crippen LogP contribution >= 0.6 is 0 Å². The van der Waals surface area contributed by atoms with E-state index in [2.05, 4.69) is 26.1 Å². The number of amides is 1. The Morgan fingerprint density at radius 1 is 1.30 bits per heavy atom. The summed E-state index contributed by atoms with van der Waals surface area (Å²) in [6.45, 7) is 11.1. The van der Waals surface area contributed by atoms with Crippen molar-refractivity contribution in [2.45, 2.75) is 65.5 Å². The fourth-order valence-electron chi connectivity index (χ4n) is 3.86. The van der Waals surface area contributed by atoms with E-state index in [0.29, 0.717) is 24.1 Å². The van der Waals surface area contributed by atoms with E-state index in [1.165, 1.54) is 12.8 Å². The maximum Gasteiger partial charge on any atom is 0.409 e. The molecule has 20 heavy (non-hydrogen) atoms. The second-order valence-electron chi connectivity index (χ2n) is 7.28. The van der Waals surface area contributed by atoms with Gasteiger partial charge >= 0.3 is 6.09 Å². The highest BCUT2D eigenvalue weighted by atomic mass is 16.6. The number of likely N-dealkylation sites (tertiary alicyclic amines) is 1. The second kappa shape index (κ2) is 6.33. The van der Waals surface area contributed by atoms with Gasteiger partial charge in [-0.05, 0) is 43.9 Å². The molecule has 1 saturated carbocycles. The van der Waals surface area contributed by atoms with Gasteiger partial charge in [0.25, 0.3) is 0 Å². The monoisotopic (exact) mass is 282 g/mol. The first-order valence-electron chi connectivity index (χ1n) is 8.09. The van der Waals surface area contributed by atoms with Gasteiger partial charge in [0, 0.05) is 25.2 Å². The number of carbonyl (C=O) groups excluding carboxylic acids is 1. The topological polar surface area (TPSA) is 41.6 Å². The molecule has 116 valence electrons. The molecule has 1 aliphatic carbocycles. The molecule has 0 spiro atoms. The van der Waals surface area contributed by atoms with Crippen LogP contribution in [0.5, 0.6) is 0 Å². The summed E-state index contributed by atoms with van der Waals surface area (Å²) in [6, 6.07) is 1.20. The average molecular weight is 282 g/mol. The van der Waals surface area contributed by atoms with Crippen molar-refractivity contribution in [3.05, 3.63) is 0 Å². The molecule has 0 aromatic carbocycles. The fourth-order valence-corrected chi connectivity index (χ4v) is 3.86. The third-order valence-electron chi connectivity index (χ3n) is 4.80. The highest BCUT2D eigenvalue weighted by Crippen LogP contribution is 2.41. The lowest BCUT2D eigenvalue weighted by Crippen LogP contribution is -2.48. The number of ether oxygens (including phenoxy) is 1. The number of rotatable bonds is 3. The van der Waals surface area contributed by atoms with Crippen molar-refractivity contribution in [3.8, 4) is 0 Å². The van der Waals surface area contributed by atoms with Crippen LogP contribution in [0.2, 0.25) is 0 Å². The van der Waals surface area contributed by atoms with Gasteiger partial charge < -0.3 is 15.0 Å². The summed E-state index contributed by atoms with van der Waals surface area (Å²) in [5, 5.41) is 3.84. The van der Waals surface area contributed by atoms with E-state index in [-0.39, 0.29) is 6.09 Å². The van der Waals surface area contributed by atoms with Gasteiger partial charge in [0.1, 0.15) is 0 Å². The Bertz CT molecular complexity index is 335. The first kappa shape index (κ1) is 15.6. The molecular formula is C16H30N2O2. The van der Waals surface area contributed by atoms with E-state index < -0.39 is 0 Å². The average Bonchev–Trinajstić information content (AvgIpc) is 2.63. The van der Waals surface area contributed by atoms with Crippen LogP contribution in [0.3, 0.4) is 0 Å². The van der Waals surface area contributed by atoms with Crippen LogP contribution in [0, 0.1) is 11.3 Å². The Morgan fingerprint density at radius 3 is 2.45 bits per heavy atom.